The number of amides is 1. The van der Waals surface area contributed by atoms with Crippen LogP contribution in [0, 0.1) is 5.82 Å². The van der Waals surface area contributed by atoms with E-state index in [4.69, 9.17) is 0 Å². The van der Waals surface area contributed by atoms with Gasteiger partial charge in [-0.2, -0.15) is 39.5 Å². The van der Waals surface area contributed by atoms with E-state index in [9.17, 15) is 63.1 Å². The zero-order chi connectivity index (χ0) is 29.4. The SMILES string of the molecule is CCN(C(=O)C(=O)OCC(F)(F)F)C(C)c1ccc(C(F)(F)F)cc1F.O=C(Cl)C(=O)OCC(F)(F)F. The topological polar surface area (TPSA) is 90.0 Å². The maximum atomic E-state index is 14.0. The molecule has 0 saturated heterocycles. The second-order valence-corrected chi connectivity index (χ2v) is 7.00. The third-order valence-electron chi connectivity index (χ3n) is 3.92. The molecule has 0 heterocycles. The van der Waals surface area contributed by atoms with Gasteiger partial charge in [-0.3, -0.25) is 9.59 Å². The van der Waals surface area contributed by atoms with E-state index in [2.05, 4.69) is 21.1 Å². The molecule has 1 amide bonds. The van der Waals surface area contributed by atoms with Crippen molar-refractivity contribution in [3.63, 3.8) is 0 Å². The first kappa shape index (κ1) is 33.9. The highest BCUT2D eigenvalue weighted by atomic mass is 35.5. The summed E-state index contributed by atoms with van der Waals surface area (Å²) in [7, 11) is 0. The van der Waals surface area contributed by atoms with Crippen LogP contribution in [0.5, 0.6) is 0 Å². The number of benzene rings is 1. The van der Waals surface area contributed by atoms with Crippen molar-refractivity contribution in [3.05, 3.63) is 35.1 Å². The highest BCUT2D eigenvalue weighted by molar-refractivity contribution is 6.80. The zero-order valence-corrected chi connectivity index (χ0v) is 19.2. The minimum Gasteiger partial charge on any atom is -0.449 e. The first-order chi connectivity index (χ1) is 16.6. The Labute approximate surface area is 206 Å². The number of alkyl halides is 9. The van der Waals surface area contributed by atoms with Gasteiger partial charge < -0.3 is 14.4 Å². The molecule has 0 spiro atoms. The molecule has 0 saturated carbocycles. The first-order valence-corrected chi connectivity index (χ1v) is 9.83. The summed E-state index contributed by atoms with van der Waals surface area (Å²) in [6, 6.07) is 0.398. The molecule has 1 unspecified atom stereocenters. The lowest BCUT2D eigenvalue weighted by molar-refractivity contribution is -0.189. The van der Waals surface area contributed by atoms with Crippen molar-refractivity contribution >= 4 is 34.7 Å². The summed E-state index contributed by atoms with van der Waals surface area (Å²) in [6.07, 6.45) is -14.2. The minimum absolute atomic E-state index is 0.221. The van der Waals surface area contributed by atoms with E-state index in [-0.39, 0.29) is 18.2 Å². The van der Waals surface area contributed by atoms with Gasteiger partial charge in [0.2, 0.25) is 0 Å². The van der Waals surface area contributed by atoms with Gasteiger partial charge in [-0.15, -0.1) is 0 Å². The highest BCUT2D eigenvalue weighted by Crippen LogP contribution is 2.32. The zero-order valence-electron chi connectivity index (χ0n) is 18.5. The van der Waals surface area contributed by atoms with Crippen LogP contribution in [0.15, 0.2) is 18.2 Å². The molecule has 1 atom stereocenters. The van der Waals surface area contributed by atoms with Crippen LogP contribution >= 0.6 is 11.6 Å². The van der Waals surface area contributed by atoms with Gasteiger partial charge in [0.25, 0.3) is 0 Å². The smallest absolute Gasteiger partial charge is 0.422 e. The number of likely N-dealkylation sites (N-methyl/N-ethyl adjacent to an activating group) is 1. The van der Waals surface area contributed by atoms with Crippen molar-refractivity contribution in [2.24, 2.45) is 0 Å². The van der Waals surface area contributed by atoms with Crippen LogP contribution in [0.2, 0.25) is 0 Å². The van der Waals surface area contributed by atoms with Crippen molar-refractivity contribution in [2.45, 2.75) is 38.4 Å². The monoisotopic (exact) mass is 579 g/mol. The Morgan fingerprint density at radius 3 is 1.70 bits per heavy atom. The maximum Gasteiger partial charge on any atom is 0.422 e. The maximum absolute atomic E-state index is 14.0. The number of carbonyl (C=O) groups is 4. The normalized spacial score (nSPS) is 12.6. The Bertz CT molecular complexity index is 978. The quantitative estimate of drug-likeness (QED) is 0.210. The molecule has 18 heteroatoms. The third kappa shape index (κ3) is 12.6. The first-order valence-electron chi connectivity index (χ1n) is 9.45. The molecule has 0 fully saturated rings. The summed E-state index contributed by atoms with van der Waals surface area (Å²) >= 11 is 4.48. The van der Waals surface area contributed by atoms with Gasteiger partial charge in [0, 0.05) is 12.1 Å². The van der Waals surface area contributed by atoms with Crippen molar-refractivity contribution in [3.8, 4) is 0 Å². The Morgan fingerprint density at radius 2 is 1.35 bits per heavy atom. The van der Waals surface area contributed by atoms with Crippen LogP contribution < -0.4 is 0 Å². The molecular weight excluding hydrogens is 564 g/mol. The van der Waals surface area contributed by atoms with Crippen LogP contribution in [-0.2, 0) is 34.8 Å². The summed E-state index contributed by atoms with van der Waals surface area (Å²) in [5.74, 6) is -6.25. The summed E-state index contributed by atoms with van der Waals surface area (Å²) in [5.41, 5.74) is -1.58. The van der Waals surface area contributed by atoms with Gasteiger partial charge in [0.1, 0.15) is 5.82 Å². The lowest BCUT2D eigenvalue weighted by Gasteiger charge is -2.28. The van der Waals surface area contributed by atoms with Gasteiger partial charge in [0.15, 0.2) is 13.2 Å². The molecule has 37 heavy (non-hydrogen) atoms. The standard InChI is InChI=1S/C15H14F7NO3.C4H2ClF3O3/c1-3-23(12(24)13(25)26-7-14(17,18)19)8(2)10-5-4-9(6-11(10)16)15(20,21)22;5-2(9)3(10)11-1-4(6,7)8/h4-6,8H,3,7H2,1-2H3;1H2. The summed E-state index contributed by atoms with van der Waals surface area (Å²) < 4.78 is 129. The van der Waals surface area contributed by atoms with Crippen molar-refractivity contribution in [1.82, 2.24) is 4.90 Å². The number of esters is 2. The van der Waals surface area contributed by atoms with Gasteiger partial charge in [0.05, 0.1) is 11.6 Å². The van der Waals surface area contributed by atoms with Gasteiger partial charge >= 0.3 is 41.6 Å². The number of nitrogens with zero attached hydrogens (tertiary/aromatic N) is 1. The Balaban J connectivity index is 0.000000989. The fraction of sp³-hybridized carbons (Fsp3) is 0.474. The molecule has 1 rings (SSSR count). The van der Waals surface area contributed by atoms with E-state index in [1.165, 1.54) is 13.8 Å². The second kappa shape index (κ2) is 13.4. The van der Waals surface area contributed by atoms with E-state index in [0.29, 0.717) is 11.0 Å². The summed E-state index contributed by atoms with van der Waals surface area (Å²) in [4.78, 5) is 43.8. The van der Waals surface area contributed by atoms with E-state index in [1.807, 2.05) is 0 Å². The number of hydrogen-bond donors (Lipinski definition) is 0. The summed E-state index contributed by atoms with van der Waals surface area (Å²) in [6.45, 7) is -1.43. The van der Waals surface area contributed by atoms with Gasteiger partial charge in [-0.1, -0.05) is 6.07 Å². The molecule has 0 bridgehead atoms. The van der Waals surface area contributed by atoms with Gasteiger partial charge in [-0.05, 0) is 37.6 Å². The molecule has 0 aliphatic carbocycles. The Morgan fingerprint density at radius 1 is 0.892 bits per heavy atom. The molecule has 0 aromatic heterocycles. The fourth-order valence-electron chi connectivity index (χ4n) is 2.33. The number of ether oxygens (including phenoxy) is 2. The number of hydrogen-bond acceptors (Lipinski definition) is 6. The highest BCUT2D eigenvalue weighted by Gasteiger charge is 2.35. The fourth-order valence-corrected chi connectivity index (χ4v) is 2.39. The molecule has 0 aliphatic rings. The van der Waals surface area contributed by atoms with E-state index in [1.54, 1.807) is 0 Å². The molecule has 1 aromatic carbocycles. The van der Waals surface area contributed by atoms with E-state index in [0.717, 1.165) is 6.07 Å². The molecule has 210 valence electrons. The number of carbonyl (C=O) groups excluding carboxylic acids is 4. The predicted molar refractivity (Wildman–Crippen MR) is 102 cm³/mol. The van der Waals surface area contributed by atoms with Crippen LogP contribution in [0.4, 0.5) is 43.9 Å². The minimum atomic E-state index is -4.84. The number of rotatable bonds is 6. The van der Waals surface area contributed by atoms with Crippen molar-refractivity contribution in [2.75, 3.05) is 19.8 Å². The average Bonchev–Trinajstić information content (AvgIpc) is 2.74. The summed E-state index contributed by atoms with van der Waals surface area (Å²) in [5, 5.41) is -1.57. The molecule has 0 N–H and O–H groups in total. The van der Waals surface area contributed by atoms with E-state index < -0.39 is 72.3 Å². The third-order valence-corrected chi connectivity index (χ3v) is 4.07. The van der Waals surface area contributed by atoms with Crippen LogP contribution in [-0.4, -0.2) is 60.1 Å². The predicted octanol–water partition coefficient (Wildman–Crippen LogP) is 4.72. The molecular formula is C19H16ClF10NO6. The lowest BCUT2D eigenvalue weighted by atomic mass is 10.0. The Kier molecular flexibility index (Phi) is 12.3. The Hall–Kier alpha value is -3.11. The molecule has 0 aliphatic heterocycles. The van der Waals surface area contributed by atoms with Crippen molar-refractivity contribution in [1.29, 1.82) is 0 Å². The van der Waals surface area contributed by atoms with Crippen LogP contribution in [0.25, 0.3) is 0 Å². The van der Waals surface area contributed by atoms with E-state index >= 15 is 0 Å². The largest absolute Gasteiger partial charge is 0.449 e. The van der Waals surface area contributed by atoms with Crippen molar-refractivity contribution < 1.29 is 72.6 Å². The molecule has 0 radical (unpaired) electrons. The van der Waals surface area contributed by atoms with Gasteiger partial charge in [-0.25, -0.2) is 14.0 Å². The van der Waals surface area contributed by atoms with Crippen LogP contribution in [0.1, 0.15) is 31.0 Å². The van der Waals surface area contributed by atoms with Crippen LogP contribution in [0.3, 0.4) is 0 Å². The average molecular weight is 580 g/mol. The molecule has 1 aromatic rings. The lowest BCUT2D eigenvalue weighted by Crippen LogP contribution is -2.40. The number of halogens is 11. The molecule has 7 nitrogen and oxygen atoms in total. The second-order valence-electron chi connectivity index (χ2n) is 6.66.